The van der Waals surface area contributed by atoms with E-state index in [0.29, 0.717) is 28.3 Å². The zero-order valence-corrected chi connectivity index (χ0v) is 20.8. The van der Waals surface area contributed by atoms with Gasteiger partial charge in [-0.15, -0.1) is 10.2 Å². The van der Waals surface area contributed by atoms with Crippen molar-refractivity contribution in [2.45, 2.75) is 25.2 Å². The van der Waals surface area contributed by atoms with Crippen LogP contribution in [-0.4, -0.2) is 26.4 Å². The van der Waals surface area contributed by atoms with Crippen LogP contribution in [0.15, 0.2) is 74.9 Å². The van der Waals surface area contributed by atoms with Crippen LogP contribution in [0.1, 0.15) is 17.1 Å². The number of nitrogens with one attached hydrogen (secondary N) is 1. The second-order valence-corrected chi connectivity index (χ2v) is 9.36. The molecule has 10 heteroatoms. The van der Waals surface area contributed by atoms with Crippen LogP contribution in [0.2, 0.25) is 5.02 Å². The van der Waals surface area contributed by atoms with Gasteiger partial charge in [-0.1, -0.05) is 29.4 Å². The number of thioether (sulfide) groups is 1. The number of furan rings is 1. The molecule has 2 aromatic heterocycles. The van der Waals surface area contributed by atoms with Gasteiger partial charge in [0.05, 0.1) is 24.2 Å². The predicted molar refractivity (Wildman–Crippen MR) is 132 cm³/mol. The summed E-state index contributed by atoms with van der Waals surface area (Å²) in [7, 11) is 0. The molecule has 0 bridgehead atoms. The molecule has 170 valence electrons. The Bertz CT molecular complexity index is 1230. The normalized spacial score (nSPS) is 10.9. The summed E-state index contributed by atoms with van der Waals surface area (Å²) in [4.78, 5) is 12.5. The van der Waals surface area contributed by atoms with Crippen molar-refractivity contribution in [2.24, 2.45) is 0 Å². The molecule has 0 fully saturated rings. The highest BCUT2D eigenvalue weighted by Crippen LogP contribution is 2.25. The van der Waals surface area contributed by atoms with E-state index in [4.69, 9.17) is 20.8 Å². The van der Waals surface area contributed by atoms with Crippen molar-refractivity contribution in [3.05, 3.63) is 87.5 Å². The van der Waals surface area contributed by atoms with Gasteiger partial charge in [-0.2, -0.15) is 0 Å². The Morgan fingerprint density at radius 1 is 1.21 bits per heavy atom. The average molecular weight is 548 g/mol. The summed E-state index contributed by atoms with van der Waals surface area (Å²) in [6.45, 7) is 2.62. The Balaban J connectivity index is 1.44. The van der Waals surface area contributed by atoms with E-state index in [1.807, 2.05) is 41.8 Å². The third-order valence-electron chi connectivity index (χ3n) is 4.60. The van der Waals surface area contributed by atoms with Gasteiger partial charge in [-0.05, 0) is 76.9 Å². The van der Waals surface area contributed by atoms with Gasteiger partial charge in [-0.3, -0.25) is 9.36 Å². The molecule has 0 aliphatic heterocycles. The number of anilines is 1. The molecule has 2 heterocycles. The summed E-state index contributed by atoms with van der Waals surface area (Å²) >= 11 is 10.7. The fraction of sp³-hybridized carbons (Fsp3) is 0.174. The van der Waals surface area contributed by atoms with Gasteiger partial charge >= 0.3 is 0 Å². The second-order valence-electron chi connectivity index (χ2n) is 7.13. The van der Waals surface area contributed by atoms with E-state index in [-0.39, 0.29) is 18.3 Å². The van der Waals surface area contributed by atoms with E-state index in [2.05, 4.69) is 31.4 Å². The number of rotatable bonds is 9. The molecule has 0 aliphatic carbocycles. The van der Waals surface area contributed by atoms with Gasteiger partial charge in [0, 0.05) is 9.50 Å². The lowest BCUT2D eigenvalue weighted by Crippen LogP contribution is -2.15. The van der Waals surface area contributed by atoms with Crippen molar-refractivity contribution in [3.8, 4) is 5.75 Å². The molecule has 1 N–H and O–H groups in total. The highest BCUT2D eigenvalue weighted by molar-refractivity contribution is 9.10. The Morgan fingerprint density at radius 3 is 2.76 bits per heavy atom. The molecule has 0 unspecified atom stereocenters. The summed E-state index contributed by atoms with van der Waals surface area (Å²) in [6, 6.07) is 16.6. The largest absolute Gasteiger partial charge is 0.486 e. The highest BCUT2D eigenvalue weighted by atomic mass is 79.9. The highest BCUT2D eigenvalue weighted by Gasteiger charge is 2.17. The quantitative estimate of drug-likeness (QED) is 0.261. The maximum Gasteiger partial charge on any atom is 0.234 e. The standard InChI is InChI=1S/C23H20BrClN4O3S/c1-15-4-9-20(19(24)11-15)26-22(30)14-33-23-28-27-21(29(23)12-18-3-2-10-31-18)13-32-17-7-5-16(25)6-8-17/h2-11H,12-14H2,1H3,(H,26,30). The smallest absolute Gasteiger partial charge is 0.234 e. The van der Waals surface area contributed by atoms with Gasteiger partial charge in [0.15, 0.2) is 11.0 Å². The summed E-state index contributed by atoms with van der Waals surface area (Å²) in [5.41, 5.74) is 1.83. The number of amides is 1. The molecule has 0 aliphatic rings. The molecule has 0 saturated carbocycles. The Labute approximate surface area is 208 Å². The Morgan fingerprint density at radius 2 is 2.03 bits per heavy atom. The van der Waals surface area contributed by atoms with Crippen LogP contribution in [0.25, 0.3) is 0 Å². The number of carbonyl (C=O) groups is 1. The van der Waals surface area contributed by atoms with Crippen molar-refractivity contribution in [3.63, 3.8) is 0 Å². The second kappa shape index (κ2) is 10.9. The molecule has 2 aromatic carbocycles. The summed E-state index contributed by atoms with van der Waals surface area (Å²) < 4.78 is 14.1. The fourth-order valence-corrected chi connectivity index (χ4v) is 4.44. The average Bonchev–Trinajstić information content (AvgIpc) is 3.44. The summed E-state index contributed by atoms with van der Waals surface area (Å²) in [5.74, 6) is 2.07. The molecule has 7 nitrogen and oxygen atoms in total. The van der Waals surface area contributed by atoms with Crippen molar-refractivity contribution < 1.29 is 13.9 Å². The van der Waals surface area contributed by atoms with Crippen LogP contribution >= 0.6 is 39.3 Å². The minimum absolute atomic E-state index is 0.143. The number of benzene rings is 2. The van der Waals surface area contributed by atoms with Gasteiger partial charge < -0.3 is 14.5 Å². The SMILES string of the molecule is Cc1ccc(NC(=O)CSc2nnc(COc3ccc(Cl)cc3)n2Cc2ccco2)c(Br)c1. The molecule has 0 atom stereocenters. The Hall–Kier alpha value is -2.75. The fourth-order valence-electron chi connectivity index (χ4n) is 2.97. The van der Waals surface area contributed by atoms with Gasteiger partial charge in [0.25, 0.3) is 0 Å². The first kappa shape index (κ1) is 23.4. The van der Waals surface area contributed by atoms with E-state index in [9.17, 15) is 4.79 Å². The molecule has 0 saturated heterocycles. The first-order valence-corrected chi connectivity index (χ1v) is 12.2. The number of ether oxygens (including phenoxy) is 1. The molecule has 0 spiro atoms. The molecule has 0 radical (unpaired) electrons. The number of halogens is 2. The van der Waals surface area contributed by atoms with Crippen LogP contribution < -0.4 is 10.1 Å². The van der Waals surface area contributed by atoms with E-state index >= 15 is 0 Å². The Kier molecular flexibility index (Phi) is 7.74. The lowest BCUT2D eigenvalue weighted by Gasteiger charge is -2.11. The van der Waals surface area contributed by atoms with Crippen molar-refractivity contribution in [1.82, 2.24) is 14.8 Å². The van der Waals surface area contributed by atoms with Gasteiger partial charge in [0.1, 0.15) is 18.1 Å². The first-order chi connectivity index (χ1) is 16.0. The first-order valence-electron chi connectivity index (χ1n) is 9.99. The molecule has 33 heavy (non-hydrogen) atoms. The van der Waals surface area contributed by atoms with E-state index in [1.165, 1.54) is 11.8 Å². The predicted octanol–water partition coefficient (Wildman–Crippen LogP) is 5.95. The van der Waals surface area contributed by atoms with Crippen molar-refractivity contribution in [2.75, 3.05) is 11.1 Å². The van der Waals surface area contributed by atoms with Crippen LogP contribution in [0.5, 0.6) is 5.75 Å². The molecule has 4 rings (SSSR count). The number of aromatic nitrogens is 3. The van der Waals surface area contributed by atoms with E-state index < -0.39 is 0 Å². The van der Waals surface area contributed by atoms with Crippen molar-refractivity contribution in [1.29, 1.82) is 0 Å². The maximum atomic E-state index is 12.5. The number of hydrogen-bond acceptors (Lipinski definition) is 6. The van der Waals surface area contributed by atoms with Crippen LogP contribution in [0.3, 0.4) is 0 Å². The number of carbonyl (C=O) groups excluding carboxylic acids is 1. The van der Waals surface area contributed by atoms with E-state index in [1.54, 1.807) is 30.5 Å². The third-order valence-corrected chi connectivity index (χ3v) is 6.47. The van der Waals surface area contributed by atoms with Gasteiger partial charge in [-0.25, -0.2) is 0 Å². The lowest BCUT2D eigenvalue weighted by molar-refractivity contribution is -0.113. The lowest BCUT2D eigenvalue weighted by atomic mass is 10.2. The molecular formula is C23H20BrClN4O3S. The molecule has 1 amide bonds. The minimum atomic E-state index is -0.143. The molecular weight excluding hydrogens is 528 g/mol. The summed E-state index contributed by atoms with van der Waals surface area (Å²) in [5, 5.41) is 12.7. The minimum Gasteiger partial charge on any atom is -0.486 e. The van der Waals surface area contributed by atoms with Crippen LogP contribution in [0.4, 0.5) is 5.69 Å². The monoisotopic (exact) mass is 546 g/mol. The van der Waals surface area contributed by atoms with E-state index in [0.717, 1.165) is 21.5 Å². The third kappa shape index (κ3) is 6.40. The maximum absolute atomic E-state index is 12.5. The zero-order valence-electron chi connectivity index (χ0n) is 17.6. The number of aryl methyl sites for hydroxylation is 1. The molecule has 4 aromatic rings. The topological polar surface area (TPSA) is 82.2 Å². The number of hydrogen-bond donors (Lipinski definition) is 1. The summed E-state index contributed by atoms with van der Waals surface area (Å²) in [6.07, 6.45) is 1.61. The number of nitrogens with zero attached hydrogens (tertiary/aromatic N) is 3. The van der Waals surface area contributed by atoms with Crippen molar-refractivity contribution >= 4 is 50.9 Å². The zero-order chi connectivity index (χ0) is 23.2. The van der Waals surface area contributed by atoms with Crippen LogP contribution in [-0.2, 0) is 17.9 Å². The van der Waals surface area contributed by atoms with Gasteiger partial charge in [0.2, 0.25) is 5.91 Å². The van der Waals surface area contributed by atoms with Crippen LogP contribution in [0, 0.1) is 6.92 Å².